The third kappa shape index (κ3) is 1.80. The molecule has 0 atom stereocenters. The molecule has 7 heteroatoms. The lowest BCUT2D eigenvalue weighted by molar-refractivity contribution is 0.545. The van der Waals surface area contributed by atoms with Crippen molar-refractivity contribution in [2.45, 2.75) is 18.5 Å². The molecule has 0 aromatic carbocycles. The molecule has 0 aliphatic heterocycles. The summed E-state index contributed by atoms with van der Waals surface area (Å²) in [6, 6.07) is 0. The van der Waals surface area contributed by atoms with Crippen LogP contribution in [-0.4, -0.2) is 16.2 Å². The summed E-state index contributed by atoms with van der Waals surface area (Å²) in [6.45, 7) is 8.75. The average Bonchev–Trinajstić information content (AvgIpc) is 2.36. The van der Waals surface area contributed by atoms with Crippen LogP contribution in [0.3, 0.4) is 0 Å². The van der Waals surface area contributed by atoms with Gasteiger partial charge in [-0.25, -0.2) is 4.85 Å². The fraction of sp³-hybridized carbons (Fsp3) is 0.273. The number of hydrogen-bond acceptors (Lipinski definition) is 5. The number of aromatic nitrogens is 2. The van der Waals surface area contributed by atoms with Gasteiger partial charge in [-0.1, -0.05) is 18.7 Å². The molecule has 2 aromatic heterocycles. The van der Waals surface area contributed by atoms with Gasteiger partial charge in [-0.2, -0.15) is 4.98 Å². The molecule has 0 spiro atoms. The molecule has 6 nitrogen and oxygen atoms in total. The van der Waals surface area contributed by atoms with E-state index in [1.165, 1.54) is 11.8 Å². The van der Waals surface area contributed by atoms with E-state index < -0.39 is 11.2 Å². The van der Waals surface area contributed by atoms with E-state index in [0.29, 0.717) is 17.1 Å². The number of hydrogen-bond donors (Lipinski definition) is 1. The maximum absolute atomic E-state index is 11.9. The minimum atomic E-state index is -0.750. The summed E-state index contributed by atoms with van der Waals surface area (Å²) in [5.41, 5.74) is -0.918. The van der Waals surface area contributed by atoms with E-state index in [0.717, 1.165) is 0 Å². The molecule has 0 aliphatic rings. The van der Waals surface area contributed by atoms with Gasteiger partial charge < -0.3 is 9.40 Å². The Morgan fingerprint density at radius 2 is 2.22 bits per heavy atom. The predicted octanol–water partition coefficient (Wildman–Crippen LogP) is 1.71. The van der Waals surface area contributed by atoms with E-state index in [9.17, 15) is 9.59 Å². The quantitative estimate of drug-likeness (QED) is 0.507. The first kappa shape index (κ1) is 12.4. The summed E-state index contributed by atoms with van der Waals surface area (Å²) in [5.74, 6) is 0. The fourth-order valence-corrected chi connectivity index (χ4v) is 2.07. The second-order valence-electron chi connectivity index (χ2n) is 3.44. The van der Waals surface area contributed by atoms with E-state index in [-0.39, 0.29) is 16.8 Å². The third-order valence-electron chi connectivity index (χ3n) is 2.49. The van der Waals surface area contributed by atoms with Gasteiger partial charge in [0.15, 0.2) is 5.16 Å². The molecule has 0 saturated carbocycles. The maximum atomic E-state index is 11.9. The molecule has 0 amide bonds. The predicted molar refractivity (Wildman–Crippen MR) is 68.3 cm³/mol. The third-order valence-corrected chi connectivity index (χ3v) is 3.07. The van der Waals surface area contributed by atoms with Crippen molar-refractivity contribution < 1.29 is 4.42 Å². The van der Waals surface area contributed by atoms with Crippen LogP contribution in [0.25, 0.3) is 15.9 Å². The second-order valence-corrected chi connectivity index (χ2v) is 4.23. The van der Waals surface area contributed by atoms with Crippen molar-refractivity contribution in [3.63, 3.8) is 0 Å². The number of rotatable bonds is 2. The van der Waals surface area contributed by atoms with Crippen LogP contribution in [0.2, 0.25) is 0 Å². The highest BCUT2D eigenvalue weighted by Gasteiger charge is 2.17. The topological polar surface area (TPSA) is 80.3 Å². The largest absolute Gasteiger partial charge is 0.411 e. The lowest BCUT2D eigenvalue weighted by Crippen LogP contribution is -2.14. The summed E-state index contributed by atoms with van der Waals surface area (Å²) in [6.07, 6.45) is 2.14. The summed E-state index contributed by atoms with van der Waals surface area (Å²) in [4.78, 5) is 33.3. The molecule has 0 aliphatic carbocycles. The first-order valence-electron chi connectivity index (χ1n) is 5.13. The van der Waals surface area contributed by atoms with Gasteiger partial charge in [-0.3, -0.25) is 9.59 Å². The van der Waals surface area contributed by atoms with Crippen molar-refractivity contribution in [3.05, 3.63) is 37.8 Å². The van der Waals surface area contributed by atoms with Crippen LogP contribution < -0.4 is 11.2 Å². The molecule has 2 aromatic rings. The lowest BCUT2D eigenvalue weighted by atomic mass is 10.1. The zero-order valence-electron chi connectivity index (χ0n) is 9.73. The van der Waals surface area contributed by atoms with Gasteiger partial charge in [0.1, 0.15) is 0 Å². The zero-order valence-corrected chi connectivity index (χ0v) is 10.6. The number of aryl methyl sites for hydroxylation is 1. The highest BCUT2D eigenvalue weighted by Crippen LogP contribution is 2.22. The van der Waals surface area contributed by atoms with Crippen molar-refractivity contribution in [2.75, 3.05) is 6.26 Å². The molecule has 2 rings (SSSR count). The van der Waals surface area contributed by atoms with Gasteiger partial charge in [0.2, 0.25) is 5.71 Å². The van der Waals surface area contributed by atoms with E-state index in [4.69, 9.17) is 11.0 Å². The Balaban J connectivity index is 3.04. The highest BCUT2D eigenvalue weighted by atomic mass is 32.2. The maximum Gasteiger partial charge on any atom is 0.343 e. The number of fused-ring (bicyclic) bond motifs is 1. The Labute approximate surface area is 106 Å². The van der Waals surface area contributed by atoms with Crippen molar-refractivity contribution in [1.29, 1.82) is 0 Å². The Morgan fingerprint density at radius 1 is 1.50 bits per heavy atom. The summed E-state index contributed by atoms with van der Waals surface area (Å²) >= 11 is 1.24. The molecule has 92 valence electrons. The molecular formula is C11H9N3O3S. The van der Waals surface area contributed by atoms with E-state index in [1.54, 1.807) is 13.2 Å². The van der Waals surface area contributed by atoms with Crippen molar-refractivity contribution in [2.24, 2.45) is 0 Å². The zero-order chi connectivity index (χ0) is 13.3. The van der Waals surface area contributed by atoms with Crippen LogP contribution >= 0.6 is 11.8 Å². The molecule has 2 heterocycles. The number of H-pyrrole nitrogens is 1. The van der Waals surface area contributed by atoms with Crippen LogP contribution in [0.15, 0.2) is 19.2 Å². The molecule has 0 radical (unpaired) electrons. The van der Waals surface area contributed by atoms with Crippen LogP contribution in [0.4, 0.5) is 5.69 Å². The standard InChI is InChI=1S/C11H9N3O3S/c1-4-5-6-8(15)13-11(18-3)14-9(6)17-10(16)7(5)12-2/h4H2,1,3H3,(H,13,14,15). The monoisotopic (exact) mass is 263 g/mol. The number of nitrogens with one attached hydrogen (secondary N) is 1. The molecule has 18 heavy (non-hydrogen) atoms. The van der Waals surface area contributed by atoms with Crippen molar-refractivity contribution >= 4 is 28.5 Å². The number of nitrogens with zero attached hydrogens (tertiary/aromatic N) is 2. The highest BCUT2D eigenvalue weighted by molar-refractivity contribution is 7.98. The molecular weight excluding hydrogens is 254 g/mol. The van der Waals surface area contributed by atoms with E-state index >= 15 is 0 Å². The van der Waals surface area contributed by atoms with E-state index in [1.807, 2.05) is 0 Å². The Bertz CT molecular complexity index is 770. The molecule has 0 saturated heterocycles. The first-order chi connectivity index (χ1) is 8.62. The van der Waals surface area contributed by atoms with Gasteiger partial charge in [0, 0.05) is 0 Å². The minimum absolute atomic E-state index is 0.0163. The lowest BCUT2D eigenvalue weighted by Gasteiger charge is -2.04. The van der Waals surface area contributed by atoms with Crippen LogP contribution in [0.1, 0.15) is 12.5 Å². The summed E-state index contributed by atoms with van der Waals surface area (Å²) in [5, 5.41) is 0.550. The number of aromatic amines is 1. The van der Waals surface area contributed by atoms with E-state index in [2.05, 4.69) is 14.8 Å². The SMILES string of the molecule is [C-]#[N+]c1c(CC)c2c(=O)[nH]c(SC)nc2oc1=O. The van der Waals surface area contributed by atoms with Crippen LogP contribution in [-0.2, 0) is 6.42 Å². The number of thioether (sulfide) groups is 1. The Morgan fingerprint density at radius 3 is 2.78 bits per heavy atom. The van der Waals surface area contributed by atoms with Crippen molar-refractivity contribution in [1.82, 2.24) is 9.97 Å². The second kappa shape index (κ2) is 4.66. The van der Waals surface area contributed by atoms with Gasteiger partial charge in [0.25, 0.3) is 11.2 Å². The molecule has 0 bridgehead atoms. The Kier molecular flexibility index (Phi) is 3.21. The summed E-state index contributed by atoms with van der Waals surface area (Å²) < 4.78 is 4.94. The van der Waals surface area contributed by atoms with Crippen LogP contribution in [0.5, 0.6) is 0 Å². The fourth-order valence-electron chi connectivity index (χ4n) is 1.70. The van der Waals surface area contributed by atoms with Crippen molar-refractivity contribution in [3.8, 4) is 0 Å². The summed E-state index contributed by atoms with van der Waals surface area (Å²) in [7, 11) is 0. The molecule has 0 unspecified atom stereocenters. The normalized spacial score (nSPS) is 10.5. The van der Waals surface area contributed by atoms with Gasteiger partial charge in [-0.15, -0.1) is 0 Å². The van der Waals surface area contributed by atoms with Gasteiger partial charge in [-0.05, 0) is 18.2 Å². The molecule has 0 fully saturated rings. The molecule has 1 N–H and O–H groups in total. The Hall–Kier alpha value is -2.07. The van der Waals surface area contributed by atoms with Gasteiger partial charge >= 0.3 is 5.63 Å². The minimum Gasteiger partial charge on any atom is -0.411 e. The van der Waals surface area contributed by atoms with Gasteiger partial charge in [0.05, 0.1) is 12.0 Å². The average molecular weight is 263 g/mol. The smallest absolute Gasteiger partial charge is 0.343 e. The first-order valence-corrected chi connectivity index (χ1v) is 6.36. The van der Waals surface area contributed by atoms with Crippen LogP contribution in [0, 0.1) is 6.57 Å².